The van der Waals surface area contributed by atoms with Gasteiger partial charge in [0.15, 0.2) is 5.76 Å². The number of aromatic nitrogens is 2. The van der Waals surface area contributed by atoms with Crippen molar-refractivity contribution in [2.24, 2.45) is 0 Å². The Bertz CT molecular complexity index is 702. The zero-order valence-electron chi connectivity index (χ0n) is 12.6. The molecule has 2 fully saturated rings. The fourth-order valence-corrected chi connectivity index (χ4v) is 3.63. The van der Waals surface area contributed by atoms with Crippen LogP contribution in [0.5, 0.6) is 0 Å². The Labute approximate surface area is 133 Å². The van der Waals surface area contributed by atoms with E-state index in [4.69, 9.17) is 9.63 Å². The average Bonchev–Trinajstić information content (AvgIpc) is 3.21. The molecule has 0 radical (unpaired) electrons. The predicted molar refractivity (Wildman–Crippen MR) is 81.8 cm³/mol. The molecule has 4 rings (SSSR count). The minimum absolute atomic E-state index is 0.213. The van der Waals surface area contributed by atoms with Gasteiger partial charge in [-0.3, -0.25) is 9.88 Å². The van der Waals surface area contributed by atoms with Crippen molar-refractivity contribution >= 4 is 6.09 Å². The largest absolute Gasteiger partial charge is 0.465 e. The van der Waals surface area contributed by atoms with Crippen molar-refractivity contribution in [3.8, 4) is 11.3 Å². The normalized spacial score (nSPS) is 24.6. The van der Waals surface area contributed by atoms with E-state index < -0.39 is 6.09 Å². The molecule has 2 aliphatic rings. The van der Waals surface area contributed by atoms with Gasteiger partial charge in [-0.05, 0) is 25.0 Å². The molecule has 2 aromatic rings. The highest BCUT2D eigenvalue weighted by Gasteiger charge is 2.40. The van der Waals surface area contributed by atoms with Gasteiger partial charge >= 0.3 is 6.09 Å². The van der Waals surface area contributed by atoms with Gasteiger partial charge in [0.25, 0.3) is 0 Å². The molecular formula is C16H18N4O3. The predicted octanol–water partition coefficient (Wildman–Crippen LogP) is 2.24. The van der Waals surface area contributed by atoms with Crippen molar-refractivity contribution in [2.45, 2.75) is 24.9 Å². The monoisotopic (exact) mass is 314 g/mol. The van der Waals surface area contributed by atoms with Crippen LogP contribution in [0.2, 0.25) is 0 Å². The van der Waals surface area contributed by atoms with Gasteiger partial charge in [0.05, 0.1) is 6.04 Å². The average molecular weight is 314 g/mol. The summed E-state index contributed by atoms with van der Waals surface area (Å²) in [5.41, 5.74) is 1.84. The lowest BCUT2D eigenvalue weighted by molar-refractivity contribution is 0.0700. The van der Waals surface area contributed by atoms with Crippen molar-refractivity contribution in [1.29, 1.82) is 0 Å². The molecule has 120 valence electrons. The van der Waals surface area contributed by atoms with Crippen LogP contribution in [0, 0.1) is 0 Å². The summed E-state index contributed by atoms with van der Waals surface area (Å²) in [7, 11) is 0. The number of piperazine rings is 1. The summed E-state index contributed by atoms with van der Waals surface area (Å²) >= 11 is 0. The van der Waals surface area contributed by atoms with Crippen LogP contribution in [-0.2, 0) is 0 Å². The number of nitrogens with zero attached hydrogens (tertiary/aromatic N) is 4. The maximum absolute atomic E-state index is 11.1. The smallest absolute Gasteiger partial charge is 0.407 e. The maximum Gasteiger partial charge on any atom is 0.407 e. The van der Waals surface area contributed by atoms with Gasteiger partial charge in [0.1, 0.15) is 5.69 Å². The zero-order chi connectivity index (χ0) is 15.8. The first-order chi connectivity index (χ1) is 11.2. The highest BCUT2D eigenvalue weighted by Crippen LogP contribution is 2.38. The molecular weight excluding hydrogens is 296 g/mol. The topological polar surface area (TPSA) is 82.7 Å². The zero-order valence-corrected chi connectivity index (χ0v) is 12.6. The van der Waals surface area contributed by atoms with Gasteiger partial charge in [-0.2, -0.15) is 0 Å². The summed E-state index contributed by atoms with van der Waals surface area (Å²) in [4.78, 5) is 19.1. The second kappa shape index (κ2) is 5.66. The van der Waals surface area contributed by atoms with Crippen LogP contribution in [0.1, 0.15) is 24.6 Å². The molecule has 0 aromatic carbocycles. The van der Waals surface area contributed by atoms with Crippen LogP contribution in [0.3, 0.4) is 0 Å². The minimum atomic E-state index is -0.826. The standard InChI is InChI=1S/C16H18N4O3/c21-16(22)19-6-7-20-12(10-19)3-4-14(20)13-8-15(23-18-13)11-2-1-5-17-9-11/h1-2,5,8-9,12,14H,3-4,6-7,10H2,(H,21,22)/t12-,14+/m0/s1. The van der Waals surface area contributed by atoms with E-state index in [1.807, 2.05) is 18.2 Å². The van der Waals surface area contributed by atoms with Crippen LogP contribution < -0.4 is 0 Å². The number of amides is 1. The maximum atomic E-state index is 11.1. The van der Waals surface area contributed by atoms with Crippen molar-refractivity contribution in [2.75, 3.05) is 19.6 Å². The Hall–Kier alpha value is -2.41. The SMILES string of the molecule is O=C(O)N1CCN2[C@@H](CC[C@@H]2c2cc(-c3cccnc3)on2)C1. The van der Waals surface area contributed by atoms with Crippen molar-refractivity contribution in [3.05, 3.63) is 36.3 Å². The second-order valence-electron chi connectivity index (χ2n) is 6.07. The van der Waals surface area contributed by atoms with Crippen LogP contribution in [0.25, 0.3) is 11.3 Å². The number of hydrogen-bond acceptors (Lipinski definition) is 5. The second-order valence-corrected chi connectivity index (χ2v) is 6.07. The Balaban J connectivity index is 1.52. The summed E-state index contributed by atoms with van der Waals surface area (Å²) in [5, 5.41) is 13.4. The Morgan fingerprint density at radius 1 is 1.35 bits per heavy atom. The van der Waals surface area contributed by atoms with E-state index in [0.717, 1.165) is 36.4 Å². The molecule has 0 saturated carbocycles. The minimum Gasteiger partial charge on any atom is -0.465 e. The highest BCUT2D eigenvalue weighted by atomic mass is 16.5. The van der Waals surface area contributed by atoms with E-state index >= 15 is 0 Å². The lowest BCUT2D eigenvalue weighted by Crippen LogP contribution is -2.52. The lowest BCUT2D eigenvalue weighted by Gasteiger charge is -2.38. The fraction of sp³-hybridized carbons (Fsp3) is 0.438. The third-order valence-electron chi connectivity index (χ3n) is 4.79. The van der Waals surface area contributed by atoms with Crippen LogP contribution >= 0.6 is 0 Å². The van der Waals surface area contributed by atoms with E-state index in [9.17, 15) is 4.79 Å². The van der Waals surface area contributed by atoms with Gasteiger partial charge in [-0.25, -0.2) is 4.79 Å². The first-order valence-electron chi connectivity index (χ1n) is 7.83. The Kier molecular flexibility index (Phi) is 3.49. The Morgan fingerprint density at radius 2 is 2.26 bits per heavy atom. The van der Waals surface area contributed by atoms with Crippen LogP contribution in [0.4, 0.5) is 4.79 Å². The number of rotatable bonds is 2. The summed E-state index contributed by atoms with van der Waals surface area (Å²) in [6.45, 7) is 1.88. The molecule has 0 aliphatic carbocycles. The molecule has 2 atom stereocenters. The van der Waals surface area contributed by atoms with Crippen molar-refractivity contribution in [3.63, 3.8) is 0 Å². The van der Waals surface area contributed by atoms with Gasteiger partial charge in [0, 0.05) is 49.7 Å². The first-order valence-corrected chi connectivity index (χ1v) is 7.83. The number of hydrogen-bond donors (Lipinski definition) is 1. The molecule has 0 unspecified atom stereocenters. The van der Waals surface area contributed by atoms with Crippen LogP contribution in [0.15, 0.2) is 35.1 Å². The lowest BCUT2D eigenvalue weighted by atomic mass is 10.1. The van der Waals surface area contributed by atoms with Gasteiger partial charge in [-0.15, -0.1) is 0 Å². The van der Waals surface area contributed by atoms with Crippen molar-refractivity contribution < 1.29 is 14.4 Å². The summed E-state index contributed by atoms with van der Waals surface area (Å²) in [6, 6.07) is 6.29. The quantitative estimate of drug-likeness (QED) is 0.915. The van der Waals surface area contributed by atoms with E-state index in [1.54, 1.807) is 12.4 Å². The summed E-state index contributed by atoms with van der Waals surface area (Å²) in [5.74, 6) is 0.723. The first kappa shape index (κ1) is 14.2. The van der Waals surface area contributed by atoms with E-state index in [-0.39, 0.29) is 12.1 Å². The molecule has 1 N–H and O–H groups in total. The summed E-state index contributed by atoms with van der Waals surface area (Å²) < 4.78 is 5.48. The number of carboxylic acid groups (broad SMARTS) is 1. The molecule has 7 heteroatoms. The Morgan fingerprint density at radius 3 is 3.04 bits per heavy atom. The fourth-order valence-electron chi connectivity index (χ4n) is 3.63. The molecule has 4 heterocycles. The molecule has 23 heavy (non-hydrogen) atoms. The molecule has 2 saturated heterocycles. The number of fused-ring (bicyclic) bond motifs is 1. The molecule has 0 bridgehead atoms. The molecule has 7 nitrogen and oxygen atoms in total. The van der Waals surface area contributed by atoms with Crippen molar-refractivity contribution in [1.82, 2.24) is 19.9 Å². The summed E-state index contributed by atoms with van der Waals surface area (Å²) in [6.07, 6.45) is 4.63. The van der Waals surface area contributed by atoms with Gasteiger partial charge in [-0.1, -0.05) is 5.16 Å². The van der Waals surface area contributed by atoms with E-state index in [0.29, 0.717) is 13.1 Å². The van der Waals surface area contributed by atoms with E-state index in [1.165, 1.54) is 4.90 Å². The number of carbonyl (C=O) groups is 1. The van der Waals surface area contributed by atoms with Crippen LogP contribution in [-0.4, -0.2) is 56.8 Å². The highest BCUT2D eigenvalue weighted by molar-refractivity contribution is 5.65. The third kappa shape index (κ3) is 2.57. The molecule has 0 spiro atoms. The third-order valence-corrected chi connectivity index (χ3v) is 4.79. The molecule has 1 amide bonds. The van der Waals surface area contributed by atoms with E-state index in [2.05, 4.69) is 15.0 Å². The molecule has 2 aromatic heterocycles. The van der Waals surface area contributed by atoms with Gasteiger partial charge in [0.2, 0.25) is 0 Å². The van der Waals surface area contributed by atoms with Gasteiger partial charge < -0.3 is 14.5 Å². The number of pyridine rings is 1. The molecule has 2 aliphatic heterocycles.